The topological polar surface area (TPSA) is 47.9 Å². The van der Waals surface area contributed by atoms with Crippen LogP contribution in [0, 0.1) is 11.8 Å². The van der Waals surface area contributed by atoms with Gasteiger partial charge in [-0.15, -0.1) is 0 Å². The fraction of sp³-hybridized carbons (Fsp3) is 0.467. The molecule has 1 aliphatic heterocycles. The van der Waals surface area contributed by atoms with Gasteiger partial charge < -0.3 is 19.3 Å². The average molecular weight is 262 g/mol. The van der Waals surface area contributed by atoms with Gasteiger partial charge >= 0.3 is 0 Å². The molecule has 1 aromatic rings. The Bertz CT molecular complexity index is 467. The predicted octanol–water partition coefficient (Wildman–Crippen LogP) is 1.34. The lowest BCUT2D eigenvalue weighted by Crippen LogP contribution is -2.11. The summed E-state index contributed by atoms with van der Waals surface area (Å²) >= 11 is 0. The molecular weight excluding hydrogens is 244 g/mol. The van der Waals surface area contributed by atoms with E-state index in [1.165, 1.54) is 0 Å². The fourth-order valence-electron chi connectivity index (χ4n) is 1.94. The van der Waals surface area contributed by atoms with Crippen LogP contribution in [0.25, 0.3) is 0 Å². The monoisotopic (exact) mass is 262 g/mol. The molecule has 102 valence electrons. The largest absolute Gasteiger partial charge is 0.495 e. The highest BCUT2D eigenvalue weighted by molar-refractivity contribution is 5.48. The van der Waals surface area contributed by atoms with Gasteiger partial charge in [-0.1, -0.05) is 17.9 Å². The first-order valence-corrected chi connectivity index (χ1v) is 6.29. The van der Waals surface area contributed by atoms with Gasteiger partial charge in [-0.25, -0.2) is 0 Å². The number of methoxy groups -OCH3 is 1. The van der Waals surface area contributed by atoms with Gasteiger partial charge in [0.1, 0.15) is 12.4 Å². The number of rotatable bonds is 4. The van der Waals surface area contributed by atoms with Crippen molar-refractivity contribution in [2.45, 2.75) is 19.1 Å². The Labute approximate surface area is 113 Å². The van der Waals surface area contributed by atoms with Crippen molar-refractivity contribution < 1.29 is 19.3 Å². The Hall–Kier alpha value is -1.54. The van der Waals surface area contributed by atoms with E-state index in [4.69, 9.17) is 19.3 Å². The Morgan fingerprint density at radius 1 is 1.47 bits per heavy atom. The molecule has 1 unspecified atom stereocenters. The van der Waals surface area contributed by atoms with Crippen LogP contribution in [-0.2, 0) is 16.1 Å². The van der Waals surface area contributed by atoms with E-state index in [9.17, 15) is 0 Å². The molecule has 1 N–H and O–H groups in total. The minimum Gasteiger partial charge on any atom is -0.495 e. The van der Waals surface area contributed by atoms with E-state index < -0.39 is 0 Å². The summed E-state index contributed by atoms with van der Waals surface area (Å²) in [6.45, 7) is 1.82. The third kappa shape index (κ3) is 3.97. The molecule has 1 atom stereocenters. The summed E-state index contributed by atoms with van der Waals surface area (Å²) in [5, 5.41) is 8.75. The lowest BCUT2D eigenvalue weighted by molar-refractivity contribution is 0.0317. The van der Waals surface area contributed by atoms with Gasteiger partial charge in [0.25, 0.3) is 0 Å². The molecule has 0 aliphatic carbocycles. The lowest BCUT2D eigenvalue weighted by atomic mass is 10.1. The summed E-state index contributed by atoms with van der Waals surface area (Å²) in [6, 6.07) is 5.75. The molecular formula is C15H18O4. The molecule has 0 amide bonds. The summed E-state index contributed by atoms with van der Waals surface area (Å²) in [7, 11) is 1.60. The minimum atomic E-state index is -0.163. The van der Waals surface area contributed by atoms with Crippen LogP contribution in [0.4, 0.5) is 0 Å². The maximum absolute atomic E-state index is 8.75. The van der Waals surface area contributed by atoms with Crippen LogP contribution in [0.3, 0.4) is 0 Å². The molecule has 0 bridgehead atoms. The summed E-state index contributed by atoms with van der Waals surface area (Å²) in [5.74, 6) is 6.21. The number of aliphatic hydroxyl groups excluding tert-OH is 1. The van der Waals surface area contributed by atoms with E-state index in [0.29, 0.717) is 19.0 Å². The van der Waals surface area contributed by atoms with Crippen LogP contribution < -0.4 is 4.74 Å². The summed E-state index contributed by atoms with van der Waals surface area (Å²) in [5.41, 5.74) is 1.80. The number of hydrogen-bond acceptors (Lipinski definition) is 4. The second-order valence-electron chi connectivity index (χ2n) is 4.29. The van der Waals surface area contributed by atoms with E-state index in [1.807, 2.05) is 18.2 Å². The highest BCUT2D eigenvalue weighted by Crippen LogP contribution is 2.20. The molecule has 1 heterocycles. The van der Waals surface area contributed by atoms with Gasteiger partial charge in [0.15, 0.2) is 0 Å². The van der Waals surface area contributed by atoms with Crippen LogP contribution in [0.5, 0.6) is 5.75 Å². The second-order valence-corrected chi connectivity index (χ2v) is 4.29. The Kier molecular flexibility index (Phi) is 5.22. The maximum Gasteiger partial charge on any atom is 0.134 e. The van der Waals surface area contributed by atoms with Crippen molar-refractivity contribution in [3.05, 3.63) is 29.3 Å². The maximum atomic E-state index is 8.75. The predicted molar refractivity (Wildman–Crippen MR) is 71.0 cm³/mol. The van der Waals surface area contributed by atoms with Crippen molar-refractivity contribution in [2.24, 2.45) is 0 Å². The molecule has 0 saturated carbocycles. The van der Waals surface area contributed by atoms with E-state index in [1.54, 1.807) is 7.11 Å². The molecule has 0 radical (unpaired) electrons. The first kappa shape index (κ1) is 13.9. The first-order valence-electron chi connectivity index (χ1n) is 6.29. The Balaban J connectivity index is 2.03. The summed E-state index contributed by atoms with van der Waals surface area (Å²) < 4.78 is 16.3. The zero-order chi connectivity index (χ0) is 13.5. The molecule has 2 rings (SSSR count). The SMILES string of the molecule is COc1ccc(COC2CCOC2)cc1C#CCO. The van der Waals surface area contributed by atoms with Crippen LogP contribution in [-0.4, -0.2) is 38.1 Å². The third-order valence-electron chi connectivity index (χ3n) is 2.94. The Morgan fingerprint density at radius 3 is 3.05 bits per heavy atom. The van der Waals surface area contributed by atoms with Crippen LogP contribution >= 0.6 is 0 Å². The standard InChI is InChI=1S/C15H18O4/c1-17-15-5-4-12(9-13(15)3-2-7-16)10-19-14-6-8-18-11-14/h4-5,9,14,16H,6-8,10-11H2,1H3. The molecule has 0 spiro atoms. The molecule has 1 aliphatic rings. The van der Waals surface area contributed by atoms with Gasteiger partial charge in [0.05, 0.1) is 32.0 Å². The molecule has 19 heavy (non-hydrogen) atoms. The highest BCUT2D eigenvalue weighted by Gasteiger charge is 2.16. The zero-order valence-electron chi connectivity index (χ0n) is 11.0. The van der Waals surface area contributed by atoms with Gasteiger partial charge in [0.2, 0.25) is 0 Å². The number of aliphatic hydroxyl groups is 1. The third-order valence-corrected chi connectivity index (χ3v) is 2.94. The molecule has 0 aromatic heterocycles. The molecule has 4 heteroatoms. The van der Waals surface area contributed by atoms with Crippen molar-refractivity contribution in [2.75, 3.05) is 26.9 Å². The molecule has 1 fully saturated rings. The van der Waals surface area contributed by atoms with Crippen molar-refractivity contribution >= 4 is 0 Å². The molecule has 1 saturated heterocycles. The van der Waals surface area contributed by atoms with E-state index in [0.717, 1.165) is 24.2 Å². The van der Waals surface area contributed by atoms with E-state index >= 15 is 0 Å². The van der Waals surface area contributed by atoms with Gasteiger partial charge in [-0.2, -0.15) is 0 Å². The van der Waals surface area contributed by atoms with Gasteiger partial charge in [0, 0.05) is 6.61 Å². The van der Waals surface area contributed by atoms with E-state index in [-0.39, 0.29) is 12.7 Å². The van der Waals surface area contributed by atoms with Crippen molar-refractivity contribution in [1.29, 1.82) is 0 Å². The van der Waals surface area contributed by atoms with Gasteiger partial charge in [-0.3, -0.25) is 0 Å². The average Bonchev–Trinajstić information content (AvgIpc) is 2.96. The highest BCUT2D eigenvalue weighted by atomic mass is 16.5. The van der Waals surface area contributed by atoms with Crippen molar-refractivity contribution in [3.8, 4) is 17.6 Å². The van der Waals surface area contributed by atoms with Gasteiger partial charge in [-0.05, 0) is 24.1 Å². The van der Waals surface area contributed by atoms with Crippen LogP contribution in [0.1, 0.15) is 17.5 Å². The summed E-state index contributed by atoms with van der Waals surface area (Å²) in [4.78, 5) is 0. The minimum absolute atomic E-state index is 0.163. The smallest absolute Gasteiger partial charge is 0.134 e. The fourth-order valence-corrected chi connectivity index (χ4v) is 1.94. The van der Waals surface area contributed by atoms with Crippen molar-refractivity contribution in [1.82, 2.24) is 0 Å². The number of hydrogen-bond donors (Lipinski definition) is 1. The first-order chi connectivity index (χ1) is 9.33. The van der Waals surface area contributed by atoms with Crippen molar-refractivity contribution in [3.63, 3.8) is 0 Å². The van der Waals surface area contributed by atoms with E-state index in [2.05, 4.69) is 11.8 Å². The molecule has 4 nitrogen and oxygen atoms in total. The Morgan fingerprint density at radius 2 is 2.37 bits per heavy atom. The zero-order valence-corrected chi connectivity index (χ0v) is 11.0. The number of ether oxygens (including phenoxy) is 3. The second kappa shape index (κ2) is 7.15. The number of benzene rings is 1. The normalized spacial score (nSPS) is 17.9. The van der Waals surface area contributed by atoms with Crippen LogP contribution in [0.2, 0.25) is 0 Å². The quantitative estimate of drug-likeness (QED) is 0.832. The molecule has 1 aromatic carbocycles. The summed E-state index contributed by atoms with van der Waals surface area (Å²) in [6.07, 6.45) is 1.14. The van der Waals surface area contributed by atoms with Crippen LogP contribution in [0.15, 0.2) is 18.2 Å². The lowest BCUT2D eigenvalue weighted by Gasteiger charge is -2.11.